The second kappa shape index (κ2) is 2.34. The highest BCUT2D eigenvalue weighted by Crippen LogP contribution is 2.31. The van der Waals surface area contributed by atoms with Crippen LogP contribution in [0.4, 0.5) is 0 Å². The third kappa shape index (κ3) is 2.55. The summed E-state index contributed by atoms with van der Waals surface area (Å²) in [7, 11) is 0. The van der Waals surface area contributed by atoms with Gasteiger partial charge in [0.05, 0.1) is 4.87 Å². The van der Waals surface area contributed by atoms with Crippen LogP contribution < -0.4 is 5.73 Å². The Kier molecular flexibility index (Phi) is 2.65. The maximum absolute atomic E-state index is 5.67. The Labute approximate surface area is 70.0 Å². The van der Waals surface area contributed by atoms with Gasteiger partial charge in [-0.1, -0.05) is 22.6 Å². The zero-order chi connectivity index (χ0) is 7.00. The molecule has 0 radical (unpaired) electrons. The first-order valence-corrected chi connectivity index (χ1v) is 3.98. The number of halogens is 1. The molecule has 0 aromatic heterocycles. The van der Waals surface area contributed by atoms with Gasteiger partial charge in [-0.2, -0.15) is 12.6 Å². The van der Waals surface area contributed by atoms with E-state index in [1.807, 2.05) is 6.92 Å². The molecule has 0 spiro atoms. The molecule has 1 unspecified atom stereocenters. The lowest BCUT2D eigenvalue weighted by molar-refractivity contribution is 0.558. The van der Waals surface area contributed by atoms with Crippen molar-refractivity contribution in [1.82, 2.24) is 0 Å². The van der Waals surface area contributed by atoms with Gasteiger partial charge in [-0.05, 0) is 20.8 Å². The Hall–Kier alpha value is 1.04. The fraction of sp³-hybridized carbons (Fsp3) is 1.00. The van der Waals surface area contributed by atoms with Crippen LogP contribution in [0, 0.1) is 0 Å². The molecule has 0 saturated heterocycles. The molecule has 0 aromatic rings. The normalized spacial score (nSPS) is 20.2. The van der Waals surface area contributed by atoms with Crippen LogP contribution in [-0.2, 0) is 0 Å². The van der Waals surface area contributed by atoms with Crippen molar-refractivity contribution in [3.63, 3.8) is 0 Å². The standard InChI is InChI=1S/C5H12INS/c1-4(2,6)5(3,7)8/h8H,7H2,1-3H3. The van der Waals surface area contributed by atoms with E-state index in [4.69, 9.17) is 5.73 Å². The van der Waals surface area contributed by atoms with E-state index in [2.05, 4.69) is 49.1 Å². The van der Waals surface area contributed by atoms with Crippen LogP contribution in [0.5, 0.6) is 0 Å². The Morgan fingerprint density at radius 2 is 1.50 bits per heavy atom. The van der Waals surface area contributed by atoms with Gasteiger partial charge >= 0.3 is 0 Å². The quantitative estimate of drug-likeness (QED) is 0.313. The molecule has 0 heterocycles. The van der Waals surface area contributed by atoms with Gasteiger partial charge in [0.25, 0.3) is 0 Å². The molecule has 1 atom stereocenters. The van der Waals surface area contributed by atoms with Crippen LogP contribution in [0.1, 0.15) is 20.8 Å². The molecule has 0 aromatic carbocycles. The lowest BCUT2D eigenvalue weighted by Crippen LogP contribution is -2.45. The summed E-state index contributed by atoms with van der Waals surface area (Å²) in [5.41, 5.74) is 5.67. The van der Waals surface area contributed by atoms with Crippen molar-refractivity contribution in [3.8, 4) is 0 Å². The van der Waals surface area contributed by atoms with Crippen molar-refractivity contribution in [1.29, 1.82) is 0 Å². The van der Waals surface area contributed by atoms with Gasteiger partial charge in [0.15, 0.2) is 0 Å². The Bertz CT molecular complexity index is 67.4. The molecule has 0 rings (SSSR count). The summed E-state index contributed by atoms with van der Waals surface area (Å²) >= 11 is 6.49. The lowest BCUT2D eigenvalue weighted by Gasteiger charge is -2.31. The van der Waals surface area contributed by atoms with Crippen molar-refractivity contribution in [2.24, 2.45) is 5.73 Å². The molecule has 50 valence electrons. The number of alkyl halides is 1. The predicted octanol–water partition coefficient (Wildman–Crippen LogP) is 1.80. The van der Waals surface area contributed by atoms with Crippen LogP contribution in [0.3, 0.4) is 0 Å². The number of nitrogens with two attached hydrogens (primary N) is 1. The van der Waals surface area contributed by atoms with E-state index in [0.717, 1.165) is 0 Å². The molecule has 3 heteroatoms. The van der Waals surface area contributed by atoms with Gasteiger partial charge in [0.1, 0.15) is 0 Å². The minimum atomic E-state index is -0.381. The van der Waals surface area contributed by atoms with Crippen LogP contribution in [0.15, 0.2) is 0 Å². The number of rotatable bonds is 1. The van der Waals surface area contributed by atoms with Crippen molar-refractivity contribution >= 4 is 35.2 Å². The molecule has 1 nitrogen and oxygen atoms in total. The summed E-state index contributed by atoms with van der Waals surface area (Å²) < 4.78 is 0.0495. The lowest BCUT2D eigenvalue weighted by atomic mass is 10.1. The summed E-state index contributed by atoms with van der Waals surface area (Å²) in [4.78, 5) is -0.381. The molecule has 0 aliphatic rings. The molecular formula is C5H12INS. The van der Waals surface area contributed by atoms with E-state index < -0.39 is 0 Å². The first-order valence-electron chi connectivity index (χ1n) is 2.45. The zero-order valence-corrected chi connectivity index (χ0v) is 8.45. The highest BCUT2D eigenvalue weighted by Gasteiger charge is 2.30. The third-order valence-corrected chi connectivity index (χ3v) is 3.31. The van der Waals surface area contributed by atoms with Crippen molar-refractivity contribution in [3.05, 3.63) is 0 Å². The van der Waals surface area contributed by atoms with Crippen LogP contribution in [0.2, 0.25) is 0 Å². The molecular weight excluding hydrogens is 233 g/mol. The molecule has 0 amide bonds. The van der Waals surface area contributed by atoms with Crippen LogP contribution in [0.25, 0.3) is 0 Å². The van der Waals surface area contributed by atoms with Crippen LogP contribution >= 0.6 is 35.2 Å². The van der Waals surface area contributed by atoms with E-state index in [0.29, 0.717) is 0 Å². The maximum atomic E-state index is 5.67. The van der Waals surface area contributed by atoms with Crippen molar-refractivity contribution in [2.75, 3.05) is 0 Å². The van der Waals surface area contributed by atoms with Gasteiger partial charge in [-0.25, -0.2) is 0 Å². The molecule has 8 heavy (non-hydrogen) atoms. The highest BCUT2D eigenvalue weighted by molar-refractivity contribution is 14.1. The smallest absolute Gasteiger partial charge is 0.0704 e. The Morgan fingerprint density at radius 3 is 1.50 bits per heavy atom. The Balaban J connectivity index is 4.02. The van der Waals surface area contributed by atoms with Gasteiger partial charge in [-0.3, -0.25) is 0 Å². The van der Waals surface area contributed by atoms with Gasteiger partial charge < -0.3 is 5.73 Å². The first kappa shape index (κ1) is 9.04. The van der Waals surface area contributed by atoms with E-state index in [-0.39, 0.29) is 8.29 Å². The van der Waals surface area contributed by atoms with E-state index in [1.54, 1.807) is 0 Å². The van der Waals surface area contributed by atoms with E-state index in [9.17, 15) is 0 Å². The minimum Gasteiger partial charge on any atom is -0.316 e. The molecule has 0 bridgehead atoms. The third-order valence-electron chi connectivity index (χ3n) is 1.20. The monoisotopic (exact) mass is 245 g/mol. The van der Waals surface area contributed by atoms with E-state index >= 15 is 0 Å². The summed E-state index contributed by atoms with van der Waals surface area (Å²) in [6, 6.07) is 0. The minimum absolute atomic E-state index is 0.0495. The number of thiol groups is 1. The van der Waals surface area contributed by atoms with E-state index in [1.165, 1.54) is 0 Å². The van der Waals surface area contributed by atoms with Gasteiger partial charge in [0.2, 0.25) is 0 Å². The zero-order valence-electron chi connectivity index (χ0n) is 5.40. The second-order valence-corrected chi connectivity index (χ2v) is 6.25. The second-order valence-electron chi connectivity index (χ2n) is 2.62. The van der Waals surface area contributed by atoms with Gasteiger partial charge in [0, 0.05) is 3.42 Å². The molecule has 2 N–H and O–H groups in total. The van der Waals surface area contributed by atoms with Crippen LogP contribution in [-0.4, -0.2) is 8.29 Å². The maximum Gasteiger partial charge on any atom is 0.0704 e. The summed E-state index contributed by atoms with van der Waals surface area (Å²) in [6.45, 7) is 6.02. The molecule has 0 aliphatic carbocycles. The number of hydrogen-bond donors (Lipinski definition) is 2. The summed E-state index contributed by atoms with van der Waals surface area (Å²) in [6.07, 6.45) is 0. The molecule has 0 fully saturated rings. The predicted molar refractivity (Wildman–Crippen MR) is 49.7 cm³/mol. The molecule has 0 saturated carbocycles. The average molecular weight is 245 g/mol. The molecule has 0 aliphatic heterocycles. The number of hydrogen-bond acceptors (Lipinski definition) is 2. The fourth-order valence-electron chi connectivity index (χ4n) is 0. The van der Waals surface area contributed by atoms with Gasteiger partial charge in [-0.15, -0.1) is 0 Å². The average Bonchev–Trinajstić information content (AvgIpc) is 1.25. The fourth-order valence-corrected chi connectivity index (χ4v) is 0. The Morgan fingerprint density at radius 1 is 1.38 bits per heavy atom. The largest absolute Gasteiger partial charge is 0.316 e. The topological polar surface area (TPSA) is 26.0 Å². The SMILES string of the molecule is CC(N)(S)C(C)(C)I. The van der Waals surface area contributed by atoms with Crippen molar-refractivity contribution < 1.29 is 0 Å². The highest BCUT2D eigenvalue weighted by atomic mass is 127. The summed E-state index contributed by atoms with van der Waals surface area (Å²) in [5, 5.41) is 0. The first-order chi connectivity index (χ1) is 3.25. The van der Waals surface area contributed by atoms with Crippen molar-refractivity contribution in [2.45, 2.75) is 29.1 Å². The summed E-state index contributed by atoms with van der Waals surface area (Å²) in [5.74, 6) is 0.